The average Bonchev–Trinajstić information content (AvgIpc) is 2.77. The van der Waals surface area contributed by atoms with E-state index in [0.29, 0.717) is 23.6 Å². The maximum atomic E-state index is 13.9. The Bertz CT molecular complexity index is 980. The van der Waals surface area contributed by atoms with Gasteiger partial charge in [0, 0.05) is 11.1 Å². The Hall–Kier alpha value is -2.06. The molecular weight excluding hydrogens is 438 g/mol. The van der Waals surface area contributed by atoms with Crippen LogP contribution in [0.5, 0.6) is 0 Å². The summed E-state index contributed by atoms with van der Waals surface area (Å²) in [6.45, 7) is 3.67. The van der Waals surface area contributed by atoms with Crippen LogP contribution in [-0.2, 0) is 19.5 Å². The van der Waals surface area contributed by atoms with Crippen LogP contribution in [0.25, 0.3) is 0 Å². The second-order valence-electron chi connectivity index (χ2n) is 7.91. The summed E-state index contributed by atoms with van der Waals surface area (Å²) in [6, 6.07) is 4.63. The lowest BCUT2D eigenvalue weighted by Gasteiger charge is -2.39. The highest BCUT2D eigenvalue weighted by atomic mass is 35.5. The molecule has 1 aromatic carbocycles. The minimum absolute atomic E-state index is 0.101. The van der Waals surface area contributed by atoms with Crippen LogP contribution in [0.3, 0.4) is 0 Å². The van der Waals surface area contributed by atoms with Gasteiger partial charge in [-0.2, -0.15) is 4.31 Å². The second-order valence-corrected chi connectivity index (χ2v) is 10.2. The lowest BCUT2D eigenvalue weighted by molar-refractivity contribution is 0.131. The third-order valence-electron chi connectivity index (χ3n) is 5.15. The Kier molecular flexibility index (Phi) is 8.00. The summed E-state index contributed by atoms with van der Waals surface area (Å²) in [5, 5.41) is 10.7. The lowest BCUT2D eigenvalue weighted by Crippen LogP contribution is -2.51. The quantitative estimate of drug-likeness (QED) is 0.570. The monoisotopic (exact) mass is 465 g/mol. The van der Waals surface area contributed by atoms with Crippen molar-refractivity contribution in [1.82, 2.24) is 4.31 Å². The van der Waals surface area contributed by atoms with E-state index in [4.69, 9.17) is 21.1 Å². The van der Waals surface area contributed by atoms with E-state index in [2.05, 4.69) is 0 Å². The van der Waals surface area contributed by atoms with Gasteiger partial charge in [-0.25, -0.2) is 8.42 Å². The second kappa shape index (κ2) is 10.5. The molecule has 168 valence electrons. The molecule has 31 heavy (non-hydrogen) atoms. The highest BCUT2D eigenvalue weighted by molar-refractivity contribution is 7.89. The highest BCUT2D eigenvalue weighted by Gasteiger charge is 2.42. The lowest BCUT2D eigenvalue weighted by atomic mass is 9.94. The van der Waals surface area contributed by atoms with Crippen LogP contribution in [0, 0.1) is 5.92 Å². The van der Waals surface area contributed by atoms with Crippen molar-refractivity contribution in [2.45, 2.75) is 50.1 Å². The zero-order chi connectivity index (χ0) is 22.4. The Morgan fingerprint density at radius 2 is 1.94 bits per heavy atom. The van der Waals surface area contributed by atoms with Crippen molar-refractivity contribution < 1.29 is 23.0 Å². The van der Waals surface area contributed by atoms with Crippen LogP contribution >= 0.6 is 11.6 Å². The minimum Gasteiger partial charge on any atom is -0.466 e. The van der Waals surface area contributed by atoms with E-state index in [1.165, 1.54) is 35.2 Å². The molecule has 1 heterocycles. The largest absolute Gasteiger partial charge is 0.466 e. The maximum Gasteiger partial charge on any atom is 0.244 e. The van der Waals surface area contributed by atoms with Crippen LogP contribution in [0.15, 0.2) is 77.5 Å². The standard InChI is InChI=1S/C23H28ClNO5S/c1-17(2)14-20(15-26)25(31(27,28)21-10-8-19(24)9-11-21)23(18-6-4-3-5-7-18)22-16-29-12-13-30-22/h3-4,6,8-13,16-17,20,23,26H,5,7,14-15H2,1-2H3. The van der Waals surface area contributed by atoms with E-state index < -0.39 is 22.1 Å². The first-order valence-electron chi connectivity index (χ1n) is 10.3. The predicted octanol–water partition coefficient (Wildman–Crippen LogP) is 4.74. The number of allylic oxidation sites excluding steroid dienone is 3. The van der Waals surface area contributed by atoms with Gasteiger partial charge in [0.15, 0.2) is 5.76 Å². The molecule has 3 rings (SSSR count). The van der Waals surface area contributed by atoms with E-state index in [0.717, 1.165) is 12.0 Å². The summed E-state index contributed by atoms with van der Waals surface area (Å²) < 4.78 is 40.3. The molecule has 0 radical (unpaired) electrons. The number of hydrogen-bond donors (Lipinski definition) is 1. The molecule has 0 amide bonds. The molecule has 0 fully saturated rings. The van der Waals surface area contributed by atoms with Crippen molar-refractivity contribution in [2.24, 2.45) is 5.92 Å². The normalized spacial score (nSPS) is 18.3. The third-order valence-corrected chi connectivity index (χ3v) is 7.33. The topological polar surface area (TPSA) is 76.1 Å². The van der Waals surface area contributed by atoms with Gasteiger partial charge >= 0.3 is 0 Å². The summed E-state index contributed by atoms with van der Waals surface area (Å²) in [5.74, 6) is 0.516. The number of halogens is 1. The van der Waals surface area contributed by atoms with Crippen LogP contribution in [0.2, 0.25) is 5.02 Å². The van der Waals surface area contributed by atoms with Gasteiger partial charge in [0.2, 0.25) is 10.0 Å². The van der Waals surface area contributed by atoms with E-state index in [1.807, 2.05) is 32.1 Å². The van der Waals surface area contributed by atoms with Gasteiger partial charge < -0.3 is 14.6 Å². The SMILES string of the molecule is CC(C)CC(CO)N(C(C1=CC=CCC1)C1=COC=CO1)S(=O)(=O)c1ccc(Cl)cc1. The first-order chi connectivity index (χ1) is 14.8. The number of rotatable bonds is 9. The third kappa shape index (κ3) is 5.60. The van der Waals surface area contributed by atoms with Gasteiger partial charge in [-0.05, 0) is 55.0 Å². The number of aliphatic hydroxyl groups is 1. The maximum absolute atomic E-state index is 13.9. The molecule has 6 nitrogen and oxygen atoms in total. The summed E-state index contributed by atoms with van der Waals surface area (Å²) in [6.07, 6.45) is 12.0. The molecular formula is C23H28ClNO5S. The molecule has 0 aromatic heterocycles. The average molecular weight is 466 g/mol. The zero-order valence-electron chi connectivity index (χ0n) is 17.6. The van der Waals surface area contributed by atoms with Gasteiger partial charge in [-0.15, -0.1) is 0 Å². The Morgan fingerprint density at radius 3 is 2.48 bits per heavy atom. The number of nitrogens with zero attached hydrogens (tertiary/aromatic N) is 1. The molecule has 0 spiro atoms. The fourth-order valence-corrected chi connectivity index (χ4v) is 5.71. The van der Waals surface area contributed by atoms with E-state index in [-0.39, 0.29) is 17.4 Å². The molecule has 8 heteroatoms. The Labute approximate surface area is 189 Å². The van der Waals surface area contributed by atoms with Crippen molar-refractivity contribution >= 4 is 21.6 Å². The summed E-state index contributed by atoms with van der Waals surface area (Å²) in [7, 11) is -4.02. The molecule has 2 atom stereocenters. The molecule has 1 N–H and O–H groups in total. The van der Waals surface area contributed by atoms with E-state index >= 15 is 0 Å². The molecule has 1 aliphatic heterocycles. The van der Waals surface area contributed by atoms with Crippen LogP contribution < -0.4 is 0 Å². The number of aliphatic hydroxyl groups excluding tert-OH is 1. The number of hydrogen-bond acceptors (Lipinski definition) is 5. The van der Waals surface area contributed by atoms with E-state index in [1.54, 1.807) is 12.1 Å². The van der Waals surface area contributed by atoms with Crippen molar-refractivity contribution in [3.05, 3.63) is 77.6 Å². The van der Waals surface area contributed by atoms with Gasteiger partial charge in [0.05, 0.1) is 11.5 Å². The van der Waals surface area contributed by atoms with Crippen molar-refractivity contribution in [1.29, 1.82) is 0 Å². The van der Waals surface area contributed by atoms with Gasteiger partial charge in [-0.3, -0.25) is 0 Å². The molecule has 2 unspecified atom stereocenters. The van der Waals surface area contributed by atoms with Gasteiger partial charge in [-0.1, -0.05) is 43.7 Å². The highest BCUT2D eigenvalue weighted by Crippen LogP contribution is 2.35. The summed E-state index contributed by atoms with van der Waals surface area (Å²) in [5.41, 5.74) is 0.868. The molecule has 0 saturated carbocycles. The Balaban J connectivity index is 2.17. The van der Waals surface area contributed by atoms with Crippen LogP contribution in [0.4, 0.5) is 0 Å². The summed E-state index contributed by atoms with van der Waals surface area (Å²) >= 11 is 5.99. The number of sulfonamides is 1. The van der Waals surface area contributed by atoms with Gasteiger partial charge in [0.1, 0.15) is 24.8 Å². The van der Waals surface area contributed by atoms with E-state index in [9.17, 15) is 13.5 Å². The van der Waals surface area contributed by atoms with Crippen LogP contribution in [0.1, 0.15) is 33.1 Å². The van der Waals surface area contributed by atoms with Crippen LogP contribution in [-0.4, -0.2) is 36.5 Å². The minimum atomic E-state index is -4.02. The van der Waals surface area contributed by atoms with Crippen molar-refractivity contribution in [3.63, 3.8) is 0 Å². The fraction of sp³-hybridized carbons (Fsp3) is 0.391. The Morgan fingerprint density at radius 1 is 1.19 bits per heavy atom. The van der Waals surface area contributed by atoms with Crippen molar-refractivity contribution in [3.8, 4) is 0 Å². The molecule has 2 aliphatic rings. The number of benzene rings is 1. The molecule has 1 aromatic rings. The predicted molar refractivity (Wildman–Crippen MR) is 120 cm³/mol. The fourth-order valence-electron chi connectivity index (χ4n) is 3.80. The first-order valence-corrected chi connectivity index (χ1v) is 12.1. The van der Waals surface area contributed by atoms with Gasteiger partial charge in [0.25, 0.3) is 0 Å². The number of ether oxygens (including phenoxy) is 2. The zero-order valence-corrected chi connectivity index (χ0v) is 19.2. The molecule has 0 bridgehead atoms. The first kappa shape index (κ1) is 23.6. The summed E-state index contributed by atoms with van der Waals surface area (Å²) in [4.78, 5) is 0.101. The molecule has 0 saturated heterocycles. The smallest absolute Gasteiger partial charge is 0.244 e. The molecule has 1 aliphatic carbocycles. The van der Waals surface area contributed by atoms with Crippen molar-refractivity contribution in [2.75, 3.05) is 6.61 Å².